The first-order chi connectivity index (χ1) is 15.2. The van der Waals surface area contributed by atoms with Gasteiger partial charge in [0, 0.05) is 28.5 Å². The van der Waals surface area contributed by atoms with Gasteiger partial charge in [0.15, 0.2) is 0 Å². The molecule has 0 unspecified atom stereocenters. The molecule has 0 bridgehead atoms. The van der Waals surface area contributed by atoms with E-state index in [1.807, 2.05) is 12.1 Å². The van der Waals surface area contributed by atoms with Gasteiger partial charge in [0.05, 0.1) is 4.90 Å². The van der Waals surface area contributed by atoms with E-state index in [4.69, 9.17) is 11.6 Å². The van der Waals surface area contributed by atoms with Crippen molar-refractivity contribution in [1.29, 1.82) is 0 Å². The number of nitrogens with one attached hydrogen (secondary N) is 2. The molecule has 3 N–H and O–H groups in total. The lowest BCUT2D eigenvalue weighted by Gasteiger charge is -2.15. The van der Waals surface area contributed by atoms with Crippen molar-refractivity contribution < 1.29 is 22.7 Å². The first kappa shape index (κ1) is 22.0. The number of rotatable bonds is 7. The highest BCUT2D eigenvalue weighted by Crippen LogP contribution is 2.24. The van der Waals surface area contributed by atoms with Crippen LogP contribution in [0.2, 0.25) is 5.02 Å². The SMILES string of the molecule is O=C(O)[C@H](Cc1c[nH]c2ccc(F)cc12)NS(=O)(=O)c1ccc(-c2ccc(Cl)cc2)cc1. The number of H-pyrrole nitrogens is 1. The van der Waals surface area contributed by atoms with Gasteiger partial charge in [-0.25, -0.2) is 12.8 Å². The van der Waals surface area contributed by atoms with E-state index < -0.39 is 27.9 Å². The molecule has 1 atom stereocenters. The number of carboxylic acid groups (broad SMARTS) is 1. The maximum atomic E-state index is 13.6. The van der Waals surface area contributed by atoms with Crippen molar-refractivity contribution in [3.8, 4) is 11.1 Å². The molecule has 6 nitrogen and oxygen atoms in total. The standard InChI is InChI=1S/C23H18ClFN2O4S/c24-17-5-1-14(2-6-17)15-3-8-19(9-4-15)32(30,31)27-22(23(28)29)11-16-13-26-21-10-7-18(25)12-20(16)21/h1-10,12-13,22,26-27H,11H2,(H,28,29)/t22-/m0/s1. The van der Waals surface area contributed by atoms with Crippen LogP contribution in [-0.4, -0.2) is 30.5 Å². The van der Waals surface area contributed by atoms with Crippen molar-refractivity contribution in [3.05, 3.63) is 89.3 Å². The molecule has 0 saturated heterocycles. The van der Waals surface area contributed by atoms with E-state index in [0.717, 1.165) is 11.1 Å². The Bertz CT molecular complexity index is 1380. The summed E-state index contributed by atoms with van der Waals surface area (Å²) >= 11 is 5.89. The lowest BCUT2D eigenvalue weighted by Crippen LogP contribution is -2.42. The van der Waals surface area contributed by atoms with Gasteiger partial charge in [-0.1, -0.05) is 35.9 Å². The number of halogens is 2. The predicted octanol–water partition coefficient (Wildman–Crippen LogP) is 4.60. The number of aliphatic carboxylic acids is 1. The normalized spacial score (nSPS) is 12.7. The minimum atomic E-state index is -4.11. The summed E-state index contributed by atoms with van der Waals surface area (Å²) in [5.74, 6) is -1.80. The Balaban J connectivity index is 1.56. The fourth-order valence-electron chi connectivity index (χ4n) is 3.44. The highest BCUT2D eigenvalue weighted by molar-refractivity contribution is 7.89. The van der Waals surface area contributed by atoms with E-state index in [1.54, 1.807) is 30.5 Å². The summed E-state index contributed by atoms with van der Waals surface area (Å²) < 4.78 is 41.5. The van der Waals surface area contributed by atoms with Crippen molar-refractivity contribution >= 4 is 38.5 Å². The average molecular weight is 473 g/mol. The van der Waals surface area contributed by atoms with Crippen molar-refractivity contribution in [1.82, 2.24) is 9.71 Å². The minimum absolute atomic E-state index is 0.0635. The highest BCUT2D eigenvalue weighted by Gasteiger charge is 2.26. The molecule has 0 radical (unpaired) electrons. The smallest absolute Gasteiger partial charge is 0.322 e. The molecule has 164 valence electrons. The molecule has 4 aromatic rings. The van der Waals surface area contributed by atoms with E-state index in [1.165, 1.54) is 30.3 Å². The number of aromatic amines is 1. The van der Waals surface area contributed by atoms with Crippen molar-refractivity contribution in [3.63, 3.8) is 0 Å². The molecule has 3 aromatic carbocycles. The molecular formula is C23H18ClFN2O4S. The van der Waals surface area contributed by atoms with Gasteiger partial charge >= 0.3 is 5.97 Å². The molecule has 32 heavy (non-hydrogen) atoms. The maximum Gasteiger partial charge on any atom is 0.322 e. The van der Waals surface area contributed by atoms with E-state index in [2.05, 4.69) is 9.71 Å². The zero-order valence-electron chi connectivity index (χ0n) is 16.5. The fraction of sp³-hybridized carbons (Fsp3) is 0.0870. The van der Waals surface area contributed by atoms with Gasteiger partial charge < -0.3 is 10.1 Å². The number of sulfonamides is 1. The minimum Gasteiger partial charge on any atom is -0.480 e. The van der Waals surface area contributed by atoms with Crippen LogP contribution in [0, 0.1) is 5.82 Å². The molecule has 0 fully saturated rings. The first-order valence-electron chi connectivity index (χ1n) is 9.59. The van der Waals surface area contributed by atoms with E-state index in [0.29, 0.717) is 21.5 Å². The second-order valence-corrected chi connectivity index (χ2v) is 9.40. The van der Waals surface area contributed by atoms with Crippen LogP contribution in [0.3, 0.4) is 0 Å². The number of aromatic nitrogens is 1. The third-order valence-corrected chi connectivity index (χ3v) is 6.83. The Morgan fingerprint density at radius 1 is 1.03 bits per heavy atom. The molecule has 4 rings (SSSR count). The van der Waals surface area contributed by atoms with Crippen LogP contribution in [0.4, 0.5) is 4.39 Å². The molecule has 0 aliphatic rings. The Hall–Kier alpha value is -3.20. The molecule has 0 aliphatic heterocycles. The summed E-state index contributed by atoms with van der Waals surface area (Å²) in [5.41, 5.74) is 2.77. The second-order valence-electron chi connectivity index (χ2n) is 7.25. The van der Waals surface area contributed by atoms with Gasteiger partial charge in [0.1, 0.15) is 11.9 Å². The highest BCUT2D eigenvalue weighted by atomic mass is 35.5. The fourth-order valence-corrected chi connectivity index (χ4v) is 4.76. The third-order valence-electron chi connectivity index (χ3n) is 5.09. The summed E-state index contributed by atoms with van der Waals surface area (Å²) in [5, 5.41) is 10.7. The third kappa shape index (κ3) is 4.67. The van der Waals surface area contributed by atoms with Crippen LogP contribution in [0.5, 0.6) is 0 Å². The Kier molecular flexibility index (Phi) is 6.01. The summed E-state index contributed by atoms with van der Waals surface area (Å²) in [7, 11) is -4.11. The predicted molar refractivity (Wildman–Crippen MR) is 121 cm³/mol. The summed E-state index contributed by atoms with van der Waals surface area (Å²) in [6, 6.07) is 15.9. The maximum absolute atomic E-state index is 13.6. The van der Waals surface area contributed by atoms with Crippen LogP contribution < -0.4 is 4.72 Å². The number of carbonyl (C=O) groups is 1. The lowest BCUT2D eigenvalue weighted by atomic mass is 10.1. The quantitative estimate of drug-likeness (QED) is 0.366. The van der Waals surface area contributed by atoms with Crippen LogP contribution in [-0.2, 0) is 21.2 Å². The Labute approximate surface area is 188 Å². The molecule has 0 saturated carbocycles. The molecular weight excluding hydrogens is 455 g/mol. The Morgan fingerprint density at radius 2 is 1.66 bits per heavy atom. The molecule has 9 heteroatoms. The van der Waals surface area contributed by atoms with Gasteiger partial charge in [-0.2, -0.15) is 4.72 Å². The Morgan fingerprint density at radius 3 is 2.28 bits per heavy atom. The largest absolute Gasteiger partial charge is 0.480 e. The van der Waals surface area contributed by atoms with E-state index >= 15 is 0 Å². The number of hydrogen-bond donors (Lipinski definition) is 3. The molecule has 0 aliphatic carbocycles. The van der Waals surface area contributed by atoms with Crippen molar-refractivity contribution in [2.75, 3.05) is 0 Å². The first-order valence-corrected chi connectivity index (χ1v) is 11.5. The number of fused-ring (bicyclic) bond motifs is 1. The average Bonchev–Trinajstić information content (AvgIpc) is 3.15. The zero-order chi connectivity index (χ0) is 22.9. The number of carboxylic acids is 1. The number of benzene rings is 3. The van der Waals surface area contributed by atoms with E-state index in [9.17, 15) is 22.7 Å². The molecule has 1 heterocycles. The zero-order valence-corrected chi connectivity index (χ0v) is 18.1. The van der Waals surface area contributed by atoms with Crippen LogP contribution >= 0.6 is 11.6 Å². The monoisotopic (exact) mass is 472 g/mol. The van der Waals surface area contributed by atoms with Crippen LogP contribution in [0.1, 0.15) is 5.56 Å². The summed E-state index contributed by atoms with van der Waals surface area (Å²) in [6.45, 7) is 0. The van der Waals surface area contributed by atoms with Crippen molar-refractivity contribution in [2.45, 2.75) is 17.4 Å². The summed E-state index contributed by atoms with van der Waals surface area (Å²) in [4.78, 5) is 14.7. The molecule has 1 aromatic heterocycles. The van der Waals surface area contributed by atoms with Gasteiger partial charge in [-0.15, -0.1) is 0 Å². The van der Waals surface area contributed by atoms with Gasteiger partial charge in [0.2, 0.25) is 10.0 Å². The van der Waals surface area contributed by atoms with Crippen LogP contribution in [0.15, 0.2) is 77.8 Å². The van der Waals surface area contributed by atoms with Gasteiger partial charge in [0.25, 0.3) is 0 Å². The topological polar surface area (TPSA) is 99.3 Å². The molecule has 0 spiro atoms. The second kappa shape index (κ2) is 8.74. The van der Waals surface area contributed by atoms with Gasteiger partial charge in [-0.05, 0) is 59.2 Å². The van der Waals surface area contributed by atoms with E-state index in [-0.39, 0.29) is 11.3 Å². The summed E-state index contributed by atoms with van der Waals surface area (Å²) in [6.07, 6.45) is 1.40. The van der Waals surface area contributed by atoms with Gasteiger partial charge in [-0.3, -0.25) is 4.79 Å². The number of hydrogen-bond acceptors (Lipinski definition) is 3. The molecule has 0 amide bonds. The van der Waals surface area contributed by atoms with Crippen molar-refractivity contribution in [2.24, 2.45) is 0 Å². The lowest BCUT2D eigenvalue weighted by molar-refractivity contribution is -0.138. The van der Waals surface area contributed by atoms with Crippen LogP contribution in [0.25, 0.3) is 22.0 Å².